The molecule has 0 radical (unpaired) electrons. The van der Waals surface area contributed by atoms with Gasteiger partial charge in [-0.05, 0) is 25.5 Å². The average molecular weight is 247 g/mol. The molecule has 2 rings (SSSR count). The van der Waals surface area contributed by atoms with Gasteiger partial charge in [-0.2, -0.15) is 5.10 Å². The number of pyridine rings is 1. The van der Waals surface area contributed by atoms with Crippen molar-refractivity contribution < 1.29 is 4.74 Å². The quantitative estimate of drug-likeness (QED) is 0.727. The van der Waals surface area contributed by atoms with Crippen molar-refractivity contribution in [2.45, 2.75) is 19.8 Å². The molecular formula is C12H17N5O. The van der Waals surface area contributed by atoms with Gasteiger partial charge in [-0.1, -0.05) is 0 Å². The van der Waals surface area contributed by atoms with Crippen LogP contribution in [0.15, 0.2) is 24.7 Å². The van der Waals surface area contributed by atoms with Crippen LogP contribution < -0.4 is 10.1 Å². The number of aromatic amines is 1. The van der Waals surface area contributed by atoms with Gasteiger partial charge < -0.3 is 10.1 Å². The number of aromatic nitrogens is 4. The second kappa shape index (κ2) is 6.58. The molecule has 2 heterocycles. The number of hydrogen-bond donors (Lipinski definition) is 2. The first-order valence-corrected chi connectivity index (χ1v) is 6.06. The zero-order valence-electron chi connectivity index (χ0n) is 10.4. The summed E-state index contributed by atoms with van der Waals surface area (Å²) in [4.78, 5) is 8.33. The van der Waals surface area contributed by atoms with Crippen LogP contribution in [0.3, 0.4) is 0 Å². The van der Waals surface area contributed by atoms with Crippen LogP contribution in [0.4, 0.5) is 5.82 Å². The molecule has 96 valence electrons. The Morgan fingerprint density at radius 1 is 1.39 bits per heavy atom. The molecule has 0 atom stereocenters. The Morgan fingerprint density at radius 3 is 3.11 bits per heavy atom. The van der Waals surface area contributed by atoms with E-state index in [1.54, 1.807) is 6.20 Å². The molecule has 2 aromatic rings. The molecule has 0 saturated carbocycles. The number of H-pyrrole nitrogens is 1. The first kappa shape index (κ1) is 12.3. The van der Waals surface area contributed by atoms with Gasteiger partial charge in [0.2, 0.25) is 0 Å². The third-order valence-corrected chi connectivity index (χ3v) is 2.42. The van der Waals surface area contributed by atoms with Crippen molar-refractivity contribution in [1.29, 1.82) is 0 Å². The van der Waals surface area contributed by atoms with Crippen LogP contribution in [0.25, 0.3) is 0 Å². The fourth-order valence-electron chi connectivity index (χ4n) is 1.61. The number of nitrogens with one attached hydrogen (secondary N) is 2. The number of aryl methyl sites for hydroxylation is 1. The highest BCUT2D eigenvalue weighted by Crippen LogP contribution is 2.20. The predicted molar refractivity (Wildman–Crippen MR) is 68.6 cm³/mol. The Hall–Kier alpha value is -2.11. The maximum atomic E-state index is 5.49. The summed E-state index contributed by atoms with van der Waals surface area (Å²) in [6, 6.07) is 3.78. The molecule has 0 aliphatic carbocycles. The molecule has 0 spiro atoms. The van der Waals surface area contributed by atoms with Gasteiger partial charge in [0.15, 0.2) is 11.6 Å². The summed E-state index contributed by atoms with van der Waals surface area (Å²) in [5.41, 5.74) is 0. The van der Waals surface area contributed by atoms with Gasteiger partial charge in [0, 0.05) is 19.2 Å². The molecule has 0 unspecified atom stereocenters. The molecule has 0 bridgehead atoms. The highest BCUT2D eigenvalue weighted by atomic mass is 16.5. The van der Waals surface area contributed by atoms with Crippen LogP contribution >= 0.6 is 0 Å². The van der Waals surface area contributed by atoms with Crippen molar-refractivity contribution in [2.75, 3.05) is 18.5 Å². The molecular weight excluding hydrogens is 230 g/mol. The fourth-order valence-corrected chi connectivity index (χ4v) is 1.61. The standard InChI is InChI=1S/C12H17N5O/c1-2-18-10-5-3-7-13-12(10)14-8-4-6-11-15-9-16-17-11/h3,5,7,9H,2,4,6,8H2,1H3,(H,13,14)(H,15,16,17). The molecule has 2 N–H and O–H groups in total. The summed E-state index contributed by atoms with van der Waals surface area (Å²) in [6.45, 7) is 3.41. The Bertz CT molecular complexity index is 457. The largest absolute Gasteiger partial charge is 0.490 e. The molecule has 18 heavy (non-hydrogen) atoms. The lowest BCUT2D eigenvalue weighted by Crippen LogP contribution is -2.07. The van der Waals surface area contributed by atoms with E-state index in [2.05, 4.69) is 25.5 Å². The lowest BCUT2D eigenvalue weighted by molar-refractivity contribution is 0.340. The average Bonchev–Trinajstić information content (AvgIpc) is 2.90. The van der Waals surface area contributed by atoms with Crippen LogP contribution in [0.2, 0.25) is 0 Å². The first-order valence-electron chi connectivity index (χ1n) is 6.06. The minimum absolute atomic E-state index is 0.637. The zero-order chi connectivity index (χ0) is 12.6. The van der Waals surface area contributed by atoms with Crippen LogP contribution in [0.5, 0.6) is 5.75 Å². The molecule has 0 saturated heterocycles. The van der Waals surface area contributed by atoms with E-state index < -0.39 is 0 Å². The third-order valence-electron chi connectivity index (χ3n) is 2.42. The summed E-state index contributed by atoms with van der Waals surface area (Å²) in [5, 5.41) is 9.91. The van der Waals surface area contributed by atoms with Crippen LogP contribution in [-0.4, -0.2) is 33.3 Å². The van der Waals surface area contributed by atoms with E-state index in [1.807, 2.05) is 19.1 Å². The van der Waals surface area contributed by atoms with Gasteiger partial charge in [0.25, 0.3) is 0 Å². The normalized spacial score (nSPS) is 10.3. The number of rotatable bonds is 7. The molecule has 6 nitrogen and oxygen atoms in total. The monoisotopic (exact) mass is 247 g/mol. The van der Waals surface area contributed by atoms with E-state index >= 15 is 0 Å². The highest BCUT2D eigenvalue weighted by Gasteiger charge is 2.03. The van der Waals surface area contributed by atoms with E-state index in [0.29, 0.717) is 6.61 Å². The molecule has 2 aromatic heterocycles. The maximum Gasteiger partial charge on any atom is 0.168 e. The Labute approximate surface area is 106 Å². The van der Waals surface area contributed by atoms with Crippen molar-refractivity contribution >= 4 is 5.82 Å². The lowest BCUT2D eigenvalue weighted by Gasteiger charge is -2.10. The van der Waals surface area contributed by atoms with Crippen molar-refractivity contribution in [3.8, 4) is 5.75 Å². The molecule has 6 heteroatoms. The molecule has 0 amide bonds. The zero-order valence-corrected chi connectivity index (χ0v) is 10.4. The van der Waals surface area contributed by atoms with Gasteiger partial charge in [-0.3, -0.25) is 5.10 Å². The minimum atomic E-state index is 0.637. The van der Waals surface area contributed by atoms with Crippen molar-refractivity contribution in [3.63, 3.8) is 0 Å². The summed E-state index contributed by atoms with van der Waals surface area (Å²) in [6.07, 6.45) is 5.09. The highest BCUT2D eigenvalue weighted by molar-refractivity contribution is 5.49. The first-order chi connectivity index (χ1) is 8.90. The van der Waals surface area contributed by atoms with Crippen molar-refractivity contribution in [1.82, 2.24) is 20.2 Å². The van der Waals surface area contributed by atoms with Gasteiger partial charge >= 0.3 is 0 Å². The van der Waals surface area contributed by atoms with E-state index in [0.717, 1.165) is 36.8 Å². The number of hydrogen-bond acceptors (Lipinski definition) is 5. The van der Waals surface area contributed by atoms with Gasteiger partial charge in [-0.15, -0.1) is 0 Å². The van der Waals surface area contributed by atoms with Gasteiger partial charge in [0.05, 0.1) is 6.61 Å². The van der Waals surface area contributed by atoms with E-state index in [-0.39, 0.29) is 0 Å². The minimum Gasteiger partial charge on any atom is -0.490 e. The van der Waals surface area contributed by atoms with Gasteiger partial charge in [-0.25, -0.2) is 9.97 Å². The Morgan fingerprint density at radius 2 is 2.33 bits per heavy atom. The SMILES string of the molecule is CCOc1cccnc1NCCCc1ncn[nH]1. The van der Waals surface area contributed by atoms with Gasteiger partial charge in [0.1, 0.15) is 12.2 Å². The van der Waals surface area contributed by atoms with Crippen molar-refractivity contribution in [2.24, 2.45) is 0 Å². The third kappa shape index (κ3) is 3.44. The Balaban J connectivity index is 1.79. The topological polar surface area (TPSA) is 75.7 Å². The number of ether oxygens (including phenoxy) is 1. The number of anilines is 1. The van der Waals surface area contributed by atoms with Crippen LogP contribution in [0.1, 0.15) is 19.2 Å². The molecule has 0 fully saturated rings. The summed E-state index contributed by atoms with van der Waals surface area (Å²) in [5.74, 6) is 2.49. The van der Waals surface area contributed by atoms with Crippen LogP contribution in [0, 0.1) is 0 Å². The van der Waals surface area contributed by atoms with E-state index in [1.165, 1.54) is 6.33 Å². The molecule has 0 aliphatic rings. The fraction of sp³-hybridized carbons (Fsp3) is 0.417. The maximum absolute atomic E-state index is 5.49. The molecule has 0 aliphatic heterocycles. The smallest absolute Gasteiger partial charge is 0.168 e. The van der Waals surface area contributed by atoms with Crippen LogP contribution in [-0.2, 0) is 6.42 Å². The second-order valence-electron chi connectivity index (χ2n) is 3.75. The molecule has 0 aromatic carbocycles. The summed E-state index contributed by atoms with van der Waals surface area (Å²) < 4.78 is 5.49. The van der Waals surface area contributed by atoms with E-state index in [9.17, 15) is 0 Å². The predicted octanol–water partition coefficient (Wildman–Crippen LogP) is 1.64. The van der Waals surface area contributed by atoms with Crippen molar-refractivity contribution in [3.05, 3.63) is 30.5 Å². The second-order valence-corrected chi connectivity index (χ2v) is 3.75. The number of nitrogens with zero attached hydrogens (tertiary/aromatic N) is 3. The summed E-state index contributed by atoms with van der Waals surface area (Å²) in [7, 11) is 0. The summed E-state index contributed by atoms with van der Waals surface area (Å²) >= 11 is 0. The van der Waals surface area contributed by atoms with E-state index in [4.69, 9.17) is 4.74 Å². The Kier molecular flexibility index (Phi) is 4.52. The lowest BCUT2D eigenvalue weighted by atomic mass is 10.3.